The highest BCUT2D eigenvalue weighted by Crippen LogP contribution is 2.46. The topological polar surface area (TPSA) is 12.4 Å². The van der Waals surface area contributed by atoms with E-state index in [0.29, 0.717) is 6.54 Å². The molecule has 54 heavy (non-hydrogen) atoms. The van der Waals surface area contributed by atoms with Gasteiger partial charge in [-0.15, -0.1) is 0 Å². The van der Waals surface area contributed by atoms with Crippen LogP contribution < -0.4 is 0 Å². The van der Waals surface area contributed by atoms with Crippen molar-refractivity contribution in [3.8, 4) is 55.6 Å². The van der Waals surface area contributed by atoms with Gasteiger partial charge in [-0.2, -0.15) is 0 Å². The fourth-order valence-corrected chi connectivity index (χ4v) is 8.23. The molecule has 0 aliphatic heterocycles. The van der Waals surface area contributed by atoms with E-state index in [-0.39, 0.29) is 0 Å². The number of rotatable bonds is 7. The van der Waals surface area contributed by atoms with Gasteiger partial charge in [-0.3, -0.25) is 4.99 Å². The molecule has 1 nitrogen and oxygen atoms in total. The average Bonchev–Trinajstić information content (AvgIpc) is 3.80. The Morgan fingerprint density at radius 2 is 0.907 bits per heavy atom. The number of hydrogen-bond acceptors (Lipinski definition) is 1. The Balaban J connectivity index is 0.000000216. The minimum absolute atomic E-state index is 0.690. The maximum absolute atomic E-state index is 3.86. The van der Waals surface area contributed by atoms with E-state index in [4.69, 9.17) is 0 Å². The van der Waals surface area contributed by atoms with E-state index in [9.17, 15) is 0 Å². The molecule has 2 aliphatic rings. The summed E-state index contributed by atoms with van der Waals surface area (Å²) in [7, 11) is 0. The maximum Gasteiger partial charge on any atom is 0.0632 e. The Morgan fingerprint density at radius 3 is 1.63 bits per heavy atom. The van der Waals surface area contributed by atoms with Crippen molar-refractivity contribution in [2.45, 2.75) is 25.8 Å². The molecule has 0 radical (unpaired) electrons. The smallest absolute Gasteiger partial charge is 0.0632 e. The summed E-state index contributed by atoms with van der Waals surface area (Å²) in [4.78, 5) is 3.86. The highest BCUT2D eigenvalue weighted by molar-refractivity contribution is 5.93. The van der Waals surface area contributed by atoms with Gasteiger partial charge in [-0.1, -0.05) is 182 Å². The van der Waals surface area contributed by atoms with Crippen molar-refractivity contribution in [2.75, 3.05) is 0 Å². The lowest BCUT2D eigenvalue weighted by molar-refractivity contribution is 1.08. The molecule has 0 aromatic heterocycles. The number of aliphatic imine (C=N–C) groups is 1. The standard InChI is InChI=1S/C39H28.C14H13N/c1-3-9-28(10-4-1)32-23-34-24-33-20-26(16-18-36(33)39(34)38(25-32)29-11-5-2-6-12-29)19-27-15-17-31-22-30-13-7-8-14-35(30)37(31)21-27;1-15-11-12-7-9-14(10-8-12)13-5-3-2-4-6-13/h1-18,20-21,23,25H,19,22,24H2;2-10H,1,11H2. The molecule has 0 N–H and O–H groups in total. The minimum Gasteiger partial charge on any atom is -0.296 e. The highest BCUT2D eigenvalue weighted by atomic mass is 14.7. The van der Waals surface area contributed by atoms with Crippen LogP contribution in [0.2, 0.25) is 0 Å². The first-order valence-corrected chi connectivity index (χ1v) is 18.9. The Labute approximate surface area is 319 Å². The second-order valence-electron chi connectivity index (χ2n) is 14.4. The summed E-state index contributed by atoms with van der Waals surface area (Å²) in [5.41, 5.74) is 23.0. The second-order valence-corrected chi connectivity index (χ2v) is 14.4. The average molecular weight is 692 g/mol. The Bertz CT molecular complexity index is 2580. The number of nitrogens with zero attached hydrogens (tertiary/aromatic N) is 1. The summed E-state index contributed by atoms with van der Waals surface area (Å²) < 4.78 is 0. The van der Waals surface area contributed by atoms with E-state index in [2.05, 4.69) is 194 Å². The summed E-state index contributed by atoms with van der Waals surface area (Å²) in [5, 5.41) is 0. The molecule has 0 unspecified atom stereocenters. The van der Waals surface area contributed by atoms with Crippen molar-refractivity contribution in [3.05, 3.63) is 227 Å². The number of hydrogen-bond donors (Lipinski definition) is 0. The molecule has 0 heterocycles. The summed E-state index contributed by atoms with van der Waals surface area (Å²) in [6.45, 7) is 4.18. The van der Waals surface area contributed by atoms with Gasteiger partial charge in [0.1, 0.15) is 0 Å². The fraction of sp³-hybridized carbons (Fsp3) is 0.0755. The molecule has 0 bridgehead atoms. The van der Waals surface area contributed by atoms with Crippen LogP contribution in [0.3, 0.4) is 0 Å². The van der Waals surface area contributed by atoms with E-state index in [1.165, 1.54) is 94.6 Å². The summed E-state index contributed by atoms with van der Waals surface area (Å²) in [5.74, 6) is 0. The number of fused-ring (bicyclic) bond motifs is 6. The normalized spacial score (nSPS) is 11.8. The zero-order valence-corrected chi connectivity index (χ0v) is 30.4. The van der Waals surface area contributed by atoms with Crippen molar-refractivity contribution < 1.29 is 0 Å². The van der Waals surface area contributed by atoms with E-state index >= 15 is 0 Å². The van der Waals surface area contributed by atoms with Gasteiger partial charge in [-0.25, -0.2) is 0 Å². The van der Waals surface area contributed by atoms with Crippen LogP contribution in [0.1, 0.15) is 38.9 Å². The predicted molar refractivity (Wildman–Crippen MR) is 228 cm³/mol. The minimum atomic E-state index is 0.690. The van der Waals surface area contributed by atoms with Crippen LogP contribution in [0.15, 0.2) is 193 Å². The molecule has 258 valence electrons. The fourth-order valence-electron chi connectivity index (χ4n) is 8.23. The van der Waals surface area contributed by atoms with Crippen molar-refractivity contribution in [1.82, 2.24) is 0 Å². The van der Waals surface area contributed by atoms with Gasteiger partial charge in [-0.05, 0) is 127 Å². The van der Waals surface area contributed by atoms with E-state index in [0.717, 1.165) is 19.3 Å². The lowest BCUT2D eigenvalue weighted by Crippen LogP contribution is -1.92. The lowest BCUT2D eigenvalue weighted by atomic mass is 9.90. The summed E-state index contributed by atoms with van der Waals surface area (Å²) >= 11 is 0. The third-order valence-electron chi connectivity index (χ3n) is 10.9. The van der Waals surface area contributed by atoms with Gasteiger partial charge in [0.25, 0.3) is 0 Å². The molecule has 0 saturated heterocycles. The Hall–Kier alpha value is -6.57. The Morgan fingerprint density at radius 1 is 0.352 bits per heavy atom. The third-order valence-corrected chi connectivity index (χ3v) is 10.9. The SMILES string of the molecule is C=NCc1ccc(-c2ccccc2)cc1.c1ccc(-c2cc3c(c(-c4ccccc4)c2)-c2ccc(Cc4ccc5c(c4)-c4ccccc4C5)cc2C3)cc1. The largest absolute Gasteiger partial charge is 0.296 e. The van der Waals surface area contributed by atoms with E-state index in [1.54, 1.807) is 0 Å². The molecule has 1 heteroatoms. The van der Waals surface area contributed by atoms with Crippen molar-refractivity contribution in [3.63, 3.8) is 0 Å². The van der Waals surface area contributed by atoms with E-state index in [1.807, 2.05) is 6.07 Å². The molecule has 0 saturated carbocycles. The van der Waals surface area contributed by atoms with Crippen molar-refractivity contribution in [2.24, 2.45) is 4.99 Å². The van der Waals surface area contributed by atoms with Gasteiger partial charge in [0.15, 0.2) is 0 Å². The van der Waals surface area contributed by atoms with Crippen LogP contribution in [0, 0.1) is 0 Å². The summed E-state index contributed by atoms with van der Waals surface area (Å²) in [6.07, 6.45) is 2.99. The van der Waals surface area contributed by atoms with Gasteiger partial charge in [0, 0.05) is 0 Å². The van der Waals surface area contributed by atoms with Crippen LogP contribution in [-0.2, 0) is 25.8 Å². The quantitative estimate of drug-likeness (QED) is 0.148. The van der Waals surface area contributed by atoms with Crippen molar-refractivity contribution >= 4 is 6.72 Å². The molecular weight excluding hydrogens is 651 g/mol. The van der Waals surface area contributed by atoms with Crippen LogP contribution in [-0.4, -0.2) is 6.72 Å². The monoisotopic (exact) mass is 691 g/mol. The predicted octanol–water partition coefficient (Wildman–Crippen LogP) is 13.3. The highest BCUT2D eigenvalue weighted by Gasteiger charge is 2.24. The van der Waals surface area contributed by atoms with Crippen LogP contribution >= 0.6 is 0 Å². The first kappa shape index (κ1) is 33.3. The van der Waals surface area contributed by atoms with Crippen LogP contribution in [0.4, 0.5) is 0 Å². The third kappa shape index (κ3) is 6.73. The van der Waals surface area contributed by atoms with E-state index < -0.39 is 0 Å². The molecule has 0 spiro atoms. The first-order chi connectivity index (χ1) is 26.7. The number of benzene rings is 8. The second kappa shape index (κ2) is 14.8. The van der Waals surface area contributed by atoms with Gasteiger partial charge in [0.2, 0.25) is 0 Å². The zero-order valence-electron chi connectivity index (χ0n) is 30.4. The summed E-state index contributed by atoms with van der Waals surface area (Å²) in [6, 6.07) is 68.3. The zero-order chi connectivity index (χ0) is 36.3. The molecular formula is C53H41N. The lowest BCUT2D eigenvalue weighted by Gasteiger charge is -2.14. The van der Waals surface area contributed by atoms with Gasteiger partial charge >= 0.3 is 0 Å². The molecule has 0 atom stereocenters. The molecule has 0 amide bonds. The van der Waals surface area contributed by atoms with Crippen LogP contribution in [0.25, 0.3) is 55.6 Å². The molecule has 2 aliphatic carbocycles. The van der Waals surface area contributed by atoms with Gasteiger partial charge in [0.05, 0.1) is 6.54 Å². The molecule has 8 aromatic carbocycles. The molecule has 10 rings (SSSR count). The Kier molecular flexibility index (Phi) is 9.13. The van der Waals surface area contributed by atoms with Gasteiger partial charge < -0.3 is 0 Å². The van der Waals surface area contributed by atoms with Crippen molar-refractivity contribution in [1.29, 1.82) is 0 Å². The molecule has 8 aromatic rings. The maximum atomic E-state index is 3.86. The molecule has 0 fully saturated rings. The van der Waals surface area contributed by atoms with Crippen LogP contribution in [0.5, 0.6) is 0 Å². The first-order valence-electron chi connectivity index (χ1n) is 18.9.